The summed E-state index contributed by atoms with van der Waals surface area (Å²) < 4.78 is 13.2. The van der Waals surface area contributed by atoms with Crippen LogP contribution in [0.5, 0.6) is 0 Å². The molecule has 1 unspecified atom stereocenters. The maximum absolute atomic E-state index is 12.4. The molecule has 0 aliphatic carbocycles. The summed E-state index contributed by atoms with van der Waals surface area (Å²) in [6, 6.07) is 7.42. The van der Waals surface area contributed by atoms with Gasteiger partial charge in [0, 0.05) is 19.8 Å². The average molecular weight is 320 g/mol. The Balaban J connectivity index is 1.59. The summed E-state index contributed by atoms with van der Waals surface area (Å²) in [6.45, 7) is 2.65. The van der Waals surface area contributed by atoms with Gasteiger partial charge in [0.25, 0.3) is 5.56 Å². The minimum absolute atomic E-state index is 0.0431. The number of nitrogens with one attached hydrogen (secondary N) is 1. The number of fused-ring (bicyclic) bond motifs is 1. The van der Waals surface area contributed by atoms with Crippen LogP contribution in [0.2, 0.25) is 0 Å². The van der Waals surface area contributed by atoms with E-state index in [1.807, 2.05) is 24.3 Å². The van der Waals surface area contributed by atoms with Gasteiger partial charge in [0.2, 0.25) is 0 Å². The molecule has 5 nitrogen and oxygen atoms in total. The van der Waals surface area contributed by atoms with Crippen molar-refractivity contribution < 1.29 is 9.47 Å². The molecule has 6 heteroatoms. The molecule has 1 saturated heterocycles. The van der Waals surface area contributed by atoms with Crippen LogP contribution in [0, 0.1) is 4.77 Å². The molecule has 0 saturated carbocycles. The van der Waals surface area contributed by atoms with Gasteiger partial charge in [-0.15, -0.1) is 0 Å². The molecule has 1 aromatic carbocycles. The van der Waals surface area contributed by atoms with E-state index in [9.17, 15) is 4.79 Å². The molecule has 1 aliphatic heterocycles. The maximum atomic E-state index is 12.4. The minimum atomic E-state index is -0.0431. The molecule has 1 atom stereocenters. The van der Waals surface area contributed by atoms with E-state index in [1.165, 1.54) is 0 Å². The molecule has 0 amide bonds. The van der Waals surface area contributed by atoms with Gasteiger partial charge >= 0.3 is 0 Å². The first kappa shape index (κ1) is 15.4. The van der Waals surface area contributed by atoms with E-state index in [-0.39, 0.29) is 11.7 Å². The molecule has 3 rings (SSSR count). The summed E-state index contributed by atoms with van der Waals surface area (Å²) in [5.41, 5.74) is 0.738. The summed E-state index contributed by atoms with van der Waals surface area (Å²) >= 11 is 5.28. The van der Waals surface area contributed by atoms with E-state index in [0.29, 0.717) is 29.9 Å². The summed E-state index contributed by atoms with van der Waals surface area (Å²) in [6.07, 6.45) is 3.19. The molecule has 22 heavy (non-hydrogen) atoms. The Hall–Kier alpha value is -1.50. The van der Waals surface area contributed by atoms with Gasteiger partial charge in [-0.2, -0.15) is 0 Å². The number of hydrogen-bond donors (Lipinski definition) is 1. The molecule has 1 aliphatic rings. The van der Waals surface area contributed by atoms with E-state index in [4.69, 9.17) is 21.7 Å². The molecular formula is C16H20N2O3S. The molecule has 1 fully saturated rings. The molecule has 0 radical (unpaired) electrons. The van der Waals surface area contributed by atoms with Gasteiger partial charge in [0.05, 0.1) is 23.6 Å². The zero-order valence-corrected chi connectivity index (χ0v) is 13.2. The third-order valence-corrected chi connectivity index (χ3v) is 4.21. The predicted octanol–water partition coefficient (Wildman–Crippen LogP) is 2.64. The summed E-state index contributed by atoms with van der Waals surface area (Å²) in [7, 11) is 0. The quantitative estimate of drug-likeness (QED) is 0.657. The van der Waals surface area contributed by atoms with Crippen LogP contribution in [0.1, 0.15) is 19.3 Å². The van der Waals surface area contributed by atoms with Crippen LogP contribution in [0.3, 0.4) is 0 Å². The number of benzene rings is 1. The van der Waals surface area contributed by atoms with Crippen molar-refractivity contribution in [2.75, 3.05) is 19.8 Å². The van der Waals surface area contributed by atoms with Crippen molar-refractivity contribution in [3.05, 3.63) is 39.4 Å². The number of para-hydroxylation sites is 1. The first-order valence-electron chi connectivity index (χ1n) is 7.67. The smallest absolute Gasteiger partial charge is 0.262 e. The molecule has 0 spiro atoms. The number of nitrogens with zero attached hydrogens (tertiary/aromatic N) is 1. The monoisotopic (exact) mass is 320 g/mol. The van der Waals surface area contributed by atoms with E-state index in [2.05, 4.69) is 4.98 Å². The molecule has 2 aromatic rings. The lowest BCUT2D eigenvalue weighted by Gasteiger charge is -2.11. The van der Waals surface area contributed by atoms with Gasteiger partial charge in [-0.25, -0.2) is 0 Å². The lowest BCUT2D eigenvalue weighted by molar-refractivity contribution is 0.0157. The molecule has 1 N–H and O–H groups in total. The first-order valence-corrected chi connectivity index (χ1v) is 8.08. The summed E-state index contributed by atoms with van der Waals surface area (Å²) in [5.74, 6) is 0. The average Bonchev–Trinajstić information content (AvgIpc) is 3.03. The van der Waals surface area contributed by atoms with Crippen LogP contribution in [0.25, 0.3) is 10.9 Å². The molecule has 2 heterocycles. The second kappa shape index (κ2) is 7.17. The highest BCUT2D eigenvalue weighted by Gasteiger charge is 2.15. The van der Waals surface area contributed by atoms with E-state index < -0.39 is 0 Å². The standard InChI is InChI=1S/C16H20N2O3S/c19-15-13-6-1-2-7-14(13)17-16(22)18(15)8-4-9-20-11-12-5-3-10-21-12/h1-2,6-7,12H,3-5,8-11H2,(H,17,22). The van der Waals surface area contributed by atoms with Crippen LogP contribution < -0.4 is 5.56 Å². The largest absolute Gasteiger partial charge is 0.379 e. The third-order valence-electron chi connectivity index (χ3n) is 3.89. The fraction of sp³-hybridized carbons (Fsp3) is 0.500. The van der Waals surface area contributed by atoms with E-state index in [0.717, 1.165) is 31.4 Å². The predicted molar refractivity (Wildman–Crippen MR) is 87.8 cm³/mol. The van der Waals surface area contributed by atoms with Crippen LogP contribution in [-0.4, -0.2) is 35.5 Å². The van der Waals surface area contributed by atoms with Crippen molar-refractivity contribution >= 4 is 23.1 Å². The zero-order chi connectivity index (χ0) is 15.4. The zero-order valence-electron chi connectivity index (χ0n) is 12.4. The van der Waals surface area contributed by atoms with Crippen LogP contribution in [0.4, 0.5) is 0 Å². The number of aromatic nitrogens is 2. The van der Waals surface area contributed by atoms with E-state index >= 15 is 0 Å². The number of hydrogen-bond acceptors (Lipinski definition) is 4. The Labute approximate surface area is 133 Å². The number of aromatic amines is 1. The van der Waals surface area contributed by atoms with Crippen LogP contribution in [-0.2, 0) is 16.0 Å². The number of H-pyrrole nitrogens is 1. The highest BCUT2D eigenvalue weighted by Crippen LogP contribution is 2.12. The highest BCUT2D eigenvalue weighted by atomic mass is 32.1. The van der Waals surface area contributed by atoms with Crippen molar-refractivity contribution in [1.82, 2.24) is 9.55 Å². The highest BCUT2D eigenvalue weighted by molar-refractivity contribution is 7.71. The number of ether oxygens (including phenoxy) is 2. The van der Waals surface area contributed by atoms with Crippen molar-refractivity contribution in [2.45, 2.75) is 31.9 Å². The maximum Gasteiger partial charge on any atom is 0.262 e. The fourth-order valence-corrected chi connectivity index (χ4v) is 3.00. The topological polar surface area (TPSA) is 56.2 Å². The Morgan fingerprint density at radius 1 is 1.41 bits per heavy atom. The van der Waals surface area contributed by atoms with Gasteiger partial charge in [-0.3, -0.25) is 9.36 Å². The molecule has 118 valence electrons. The fourth-order valence-electron chi connectivity index (χ4n) is 2.72. The third kappa shape index (κ3) is 3.45. The molecule has 0 bridgehead atoms. The van der Waals surface area contributed by atoms with Gasteiger partial charge in [0.1, 0.15) is 0 Å². The second-order valence-electron chi connectivity index (χ2n) is 5.50. The molecular weight excluding hydrogens is 300 g/mol. The lowest BCUT2D eigenvalue weighted by atomic mass is 10.2. The summed E-state index contributed by atoms with van der Waals surface area (Å²) in [4.78, 5) is 15.5. The Morgan fingerprint density at radius 3 is 3.09 bits per heavy atom. The Morgan fingerprint density at radius 2 is 2.27 bits per heavy atom. The minimum Gasteiger partial charge on any atom is -0.379 e. The molecule has 1 aromatic heterocycles. The van der Waals surface area contributed by atoms with Crippen molar-refractivity contribution in [3.63, 3.8) is 0 Å². The Kier molecular flexibility index (Phi) is 5.02. The van der Waals surface area contributed by atoms with Crippen LogP contribution in [0.15, 0.2) is 29.1 Å². The normalized spacial score (nSPS) is 18.1. The lowest BCUT2D eigenvalue weighted by Crippen LogP contribution is -2.23. The van der Waals surface area contributed by atoms with Gasteiger partial charge in [0.15, 0.2) is 4.77 Å². The van der Waals surface area contributed by atoms with Crippen molar-refractivity contribution in [1.29, 1.82) is 0 Å². The SMILES string of the molecule is O=c1c2ccccc2[nH]c(=S)n1CCCOCC1CCCO1. The van der Waals surface area contributed by atoms with Crippen LogP contribution >= 0.6 is 12.2 Å². The van der Waals surface area contributed by atoms with E-state index in [1.54, 1.807) is 4.57 Å². The van der Waals surface area contributed by atoms with Gasteiger partial charge in [-0.05, 0) is 43.6 Å². The van der Waals surface area contributed by atoms with Gasteiger partial charge in [-0.1, -0.05) is 12.1 Å². The number of rotatable bonds is 6. The first-order chi connectivity index (χ1) is 10.8. The van der Waals surface area contributed by atoms with Crippen molar-refractivity contribution in [3.8, 4) is 0 Å². The second-order valence-corrected chi connectivity index (χ2v) is 5.88. The van der Waals surface area contributed by atoms with Gasteiger partial charge < -0.3 is 14.5 Å². The van der Waals surface area contributed by atoms with Crippen molar-refractivity contribution in [2.24, 2.45) is 0 Å². The summed E-state index contributed by atoms with van der Waals surface area (Å²) in [5, 5.41) is 0.663. The Bertz CT molecular complexity index is 747.